The number of hydrogen-bond acceptors (Lipinski definition) is 2. The van der Waals surface area contributed by atoms with Gasteiger partial charge in [-0.3, -0.25) is 0 Å². The van der Waals surface area contributed by atoms with Gasteiger partial charge in [0.2, 0.25) is 0 Å². The second-order valence-electron chi connectivity index (χ2n) is 3.40. The van der Waals surface area contributed by atoms with E-state index < -0.39 is 0 Å². The van der Waals surface area contributed by atoms with Crippen molar-refractivity contribution in [1.82, 2.24) is 0 Å². The van der Waals surface area contributed by atoms with Crippen LogP contribution in [-0.2, 0) is 4.74 Å². The van der Waals surface area contributed by atoms with Gasteiger partial charge in [0.05, 0.1) is 18.8 Å². The highest BCUT2D eigenvalue weighted by atomic mass is 16.5. The van der Waals surface area contributed by atoms with Gasteiger partial charge in [0, 0.05) is 5.92 Å². The molecule has 1 fully saturated rings. The molecule has 2 nitrogen and oxygen atoms in total. The molecule has 0 aromatic rings. The van der Waals surface area contributed by atoms with Gasteiger partial charge < -0.3 is 9.84 Å². The highest BCUT2D eigenvalue weighted by molar-refractivity contribution is 5.01. The van der Waals surface area contributed by atoms with Crippen molar-refractivity contribution in [3.05, 3.63) is 12.2 Å². The van der Waals surface area contributed by atoms with E-state index in [2.05, 4.69) is 6.58 Å². The molecule has 1 rings (SSSR count). The fourth-order valence-electron chi connectivity index (χ4n) is 1.42. The highest BCUT2D eigenvalue weighted by Crippen LogP contribution is 2.24. The van der Waals surface area contributed by atoms with Gasteiger partial charge in [-0.05, 0) is 20.3 Å². The molecule has 3 atom stereocenters. The summed E-state index contributed by atoms with van der Waals surface area (Å²) in [6.45, 7) is 8.36. The van der Waals surface area contributed by atoms with E-state index in [9.17, 15) is 5.11 Å². The minimum Gasteiger partial charge on any atom is -0.392 e. The molecule has 0 aliphatic carbocycles. The Balaban J connectivity index is 2.50. The molecule has 1 heterocycles. The van der Waals surface area contributed by atoms with Gasteiger partial charge in [-0.25, -0.2) is 0 Å². The predicted molar refractivity (Wildman–Crippen MR) is 44.3 cm³/mol. The Kier molecular flexibility index (Phi) is 2.68. The van der Waals surface area contributed by atoms with Crippen LogP contribution in [-0.4, -0.2) is 23.9 Å². The zero-order valence-electron chi connectivity index (χ0n) is 7.21. The van der Waals surface area contributed by atoms with Crippen LogP contribution in [0, 0.1) is 5.92 Å². The van der Waals surface area contributed by atoms with E-state index in [1.54, 1.807) is 0 Å². The molecule has 0 saturated carbocycles. The number of aliphatic hydroxyl groups excluding tert-OH is 1. The van der Waals surface area contributed by atoms with E-state index in [-0.39, 0.29) is 18.1 Å². The summed E-state index contributed by atoms with van der Waals surface area (Å²) in [6, 6.07) is 0. The standard InChI is InChI=1S/C9H16O2/c1-6(2)8-5-11-7(3)4-9(8)10/h7-10H,1,4-5H2,2-3H3. The van der Waals surface area contributed by atoms with Crippen LogP contribution >= 0.6 is 0 Å². The topological polar surface area (TPSA) is 29.5 Å². The Morgan fingerprint density at radius 2 is 2.27 bits per heavy atom. The Morgan fingerprint density at radius 3 is 2.73 bits per heavy atom. The summed E-state index contributed by atoms with van der Waals surface area (Å²) in [7, 11) is 0. The molecule has 0 bridgehead atoms. The summed E-state index contributed by atoms with van der Waals surface area (Å²) < 4.78 is 5.40. The third-order valence-corrected chi connectivity index (χ3v) is 2.23. The molecule has 1 saturated heterocycles. The molecule has 1 N–H and O–H groups in total. The Hall–Kier alpha value is -0.340. The average molecular weight is 156 g/mol. The summed E-state index contributed by atoms with van der Waals surface area (Å²) in [5, 5.41) is 9.57. The van der Waals surface area contributed by atoms with Crippen LogP contribution in [0.2, 0.25) is 0 Å². The summed E-state index contributed by atoms with van der Waals surface area (Å²) in [6.07, 6.45) is 0.675. The van der Waals surface area contributed by atoms with E-state index in [1.165, 1.54) is 0 Å². The lowest BCUT2D eigenvalue weighted by Crippen LogP contribution is -2.36. The molecule has 0 amide bonds. The molecule has 0 aromatic heterocycles. The first-order chi connectivity index (χ1) is 5.11. The van der Waals surface area contributed by atoms with Crippen molar-refractivity contribution in [3.8, 4) is 0 Å². The first-order valence-corrected chi connectivity index (χ1v) is 4.06. The number of hydrogen-bond donors (Lipinski definition) is 1. The first-order valence-electron chi connectivity index (χ1n) is 4.06. The van der Waals surface area contributed by atoms with Crippen LogP contribution in [0.25, 0.3) is 0 Å². The molecule has 0 aromatic carbocycles. The first kappa shape index (κ1) is 8.75. The molecule has 11 heavy (non-hydrogen) atoms. The molecule has 0 spiro atoms. The van der Waals surface area contributed by atoms with E-state index in [4.69, 9.17) is 4.74 Å². The molecular formula is C9H16O2. The van der Waals surface area contributed by atoms with Crippen LogP contribution in [0.1, 0.15) is 20.3 Å². The van der Waals surface area contributed by atoms with Gasteiger partial charge in [-0.15, -0.1) is 0 Å². The van der Waals surface area contributed by atoms with Gasteiger partial charge in [-0.2, -0.15) is 0 Å². The van der Waals surface area contributed by atoms with Gasteiger partial charge in [-0.1, -0.05) is 12.2 Å². The smallest absolute Gasteiger partial charge is 0.0652 e. The summed E-state index contributed by atoms with van der Waals surface area (Å²) in [5.74, 6) is 0.145. The third-order valence-electron chi connectivity index (χ3n) is 2.23. The van der Waals surface area contributed by atoms with Crippen LogP contribution in [0.4, 0.5) is 0 Å². The lowest BCUT2D eigenvalue weighted by molar-refractivity contribution is -0.0638. The van der Waals surface area contributed by atoms with Crippen LogP contribution < -0.4 is 0 Å². The highest BCUT2D eigenvalue weighted by Gasteiger charge is 2.27. The summed E-state index contributed by atoms with van der Waals surface area (Å²) in [5.41, 5.74) is 1.02. The van der Waals surface area contributed by atoms with Crippen LogP contribution in [0.3, 0.4) is 0 Å². The van der Waals surface area contributed by atoms with Crippen molar-refractivity contribution < 1.29 is 9.84 Å². The Bertz CT molecular complexity index is 154. The van der Waals surface area contributed by atoms with Crippen molar-refractivity contribution in [1.29, 1.82) is 0 Å². The zero-order chi connectivity index (χ0) is 8.43. The van der Waals surface area contributed by atoms with E-state index in [1.807, 2.05) is 13.8 Å². The lowest BCUT2D eigenvalue weighted by atomic mass is 9.90. The van der Waals surface area contributed by atoms with Crippen molar-refractivity contribution in [2.75, 3.05) is 6.61 Å². The van der Waals surface area contributed by atoms with E-state index >= 15 is 0 Å². The second kappa shape index (κ2) is 3.37. The SMILES string of the molecule is C=C(C)C1COC(C)CC1O. The molecule has 64 valence electrons. The van der Waals surface area contributed by atoms with E-state index in [0.29, 0.717) is 6.61 Å². The van der Waals surface area contributed by atoms with Crippen LogP contribution in [0.5, 0.6) is 0 Å². The van der Waals surface area contributed by atoms with Gasteiger partial charge in [0.1, 0.15) is 0 Å². The molecular weight excluding hydrogens is 140 g/mol. The van der Waals surface area contributed by atoms with Crippen molar-refractivity contribution in [2.24, 2.45) is 5.92 Å². The minimum absolute atomic E-state index is 0.145. The number of ether oxygens (including phenoxy) is 1. The quantitative estimate of drug-likeness (QED) is 0.581. The Labute approximate surface area is 67.9 Å². The lowest BCUT2D eigenvalue weighted by Gasteiger charge is -2.31. The number of aliphatic hydroxyl groups is 1. The molecule has 1 aliphatic rings. The fraction of sp³-hybridized carbons (Fsp3) is 0.778. The molecule has 3 unspecified atom stereocenters. The van der Waals surface area contributed by atoms with Crippen molar-refractivity contribution in [2.45, 2.75) is 32.5 Å². The maximum atomic E-state index is 9.57. The Morgan fingerprint density at radius 1 is 1.64 bits per heavy atom. The van der Waals surface area contributed by atoms with Crippen molar-refractivity contribution in [3.63, 3.8) is 0 Å². The maximum absolute atomic E-state index is 9.57. The third kappa shape index (κ3) is 2.04. The van der Waals surface area contributed by atoms with Gasteiger partial charge >= 0.3 is 0 Å². The van der Waals surface area contributed by atoms with Crippen LogP contribution in [0.15, 0.2) is 12.2 Å². The summed E-state index contributed by atoms with van der Waals surface area (Å²) >= 11 is 0. The number of rotatable bonds is 1. The largest absolute Gasteiger partial charge is 0.392 e. The molecule has 1 aliphatic heterocycles. The predicted octanol–water partition coefficient (Wildman–Crippen LogP) is 1.35. The van der Waals surface area contributed by atoms with Gasteiger partial charge in [0.25, 0.3) is 0 Å². The van der Waals surface area contributed by atoms with E-state index in [0.717, 1.165) is 12.0 Å². The zero-order valence-corrected chi connectivity index (χ0v) is 7.21. The maximum Gasteiger partial charge on any atom is 0.0652 e. The molecule has 0 radical (unpaired) electrons. The summed E-state index contributed by atoms with van der Waals surface area (Å²) in [4.78, 5) is 0. The van der Waals surface area contributed by atoms with Gasteiger partial charge in [0.15, 0.2) is 0 Å². The monoisotopic (exact) mass is 156 g/mol. The normalized spacial score (nSPS) is 38.6. The average Bonchev–Trinajstić information content (AvgIpc) is 1.85. The fourth-order valence-corrected chi connectivity index (χ4v) is 1.42. The second-order valence-corrected chi connectivity index (χ2v) is 3.40. The molecule has 2 heteroatoms. The van der Waals surface area contributed by atoms with Crippen molar-refractivity contribution >= 4 is 0 Å². The minimum atomic E-state index is -0.253.